The van der Waals surface area contributed by atoms with Crippen LogP contribution in [-0.2, 0) is 17.8 Å². The second-order valence-electron chi connectivity index (χ2n) is 6.83. The Morgan fingerprint density at radius 2 is 1.87 bits per heavy atom. The molecule has 0 atom stereocenters. The number of hydrogen-bond donors (Lipinski definition) is 2. The summed E-state index contributed by atoms with van der Waals surface area (Å²) in [5.74, 6) is 1.37. The lowest BCUT2D eigenvalue weighted by Gasteiger charge is -2.09. The molecule has 0 aliphatic heterocycles. The fraction of sp³-hybridized carbons (Fsp3) is 0.182. The number of nitrogens with one attached hydrogen (secondary N) is 2. The van der Waals surface area contributed by atoms with Gasteiger partial charge in [-0.05, 0) is 42.0 Å². The van der Waals surface area contributed by atoms with Crippen molar-refractivity contribution in [3.05, 3.63) is 77.9 Å². The van der Waals surface area contributed by atoms with Crippen molar-refractivity contribution < 1.29 is 13.9 Å². The zero-order chi connectivity index (χ0) is 21.6. The highest BCUT2D eigenvalue weighted by molar-refractivity contribution is 5.92. The number of aryl methyl sites for hydroxylation is 1. The molecule has 4 rings (SSSR count). The molecule has 2 aromatic carbocycles. The van der Waals surface area contributed by atoms with Gasteiger partial charge in [0.05, 0.1) is 12.8 Å². The Morgan fingerprint density at radius 3 is 2.68 bits per heavy atom. The van der Waals surface area contributed by atoms with E-state index in [2.05, 4.69) is 25.9 Å². The van der Waals surface area contributed by atoms with Crippen molar-refractivity contribution in [2.45, 2.75) is 19.4 Å². The topological polar surface area (TPSA) is 93.4 Å². The van der Waals surface area contributed by atoms with Crippen LogP contribution in [0.25, 0.3) is 5.65 Å². The number of carbonyl (C=O) groups is 1. The van der Waals surface area contributed by atoms with E-state index < -0.39 is 0 Å². The van der Waals surface area contributed by atoms with E-state index in [1.807, 2.05) is 12.1 Å². The number of anilines is 2. The maximum atomic E-state index is 13.0. The van der Waals surface area contributed by atoms with Gasteiger partial charge in [-0.3, -0.25) is 4.79 Å². The van der Waals surface area contributed by atoms with Crippen molar-refractivity contribution in [2.24, 2.45) is 0 Å². The minimum atomic E-state index is -0.271. The van der Waals surface area contributed by atoms with Crippen LogP contribution in [0.4, 0.5) is 15.9 Å². The number of amides is 1. The number of nitrogens with zero attached hydrogens (tertiary/aromatic N) is 4. The van der Waals surface area contributed by atoms with Crippen LogP contribution in [0.2, 0.25) is 0 Å². The quantitative estimate of drug-likeness (QED) is 0.454. The molecule has 0 radical (unpaired) electrons. The zero-order valence-electron chi connectivity index (χ0n) is 16.9. The molecule has 2 aromatic heterocycles. The van der Waals surface area contributed by atoms with Crippen LogP contribution in [0.5, 0.6) is 5.75 Å². The summed E-state index contributed by atoms with van der Waals surface area (Å²) in [5, 5.41) is 18.8. The number of halogens is 1. The molecule has 8 nitrogen and oxygen atoms in total. The molecule has 0 fully saturated rings. The lowest BCUT2D eigenvalue weighted by molar-refractivity contribution is -0.116. The molecule has 2 heterocycles. The SMILES string of the molecule is COc1ccccc1NC(=O)CCc1nnc2ccc(NCc3ccc(F)cc3)nn12. The van der Waals surface area contributed by atoms with Gasteiger partial charge in [0.25, 0.3) is 0 Å². The molecule has 0 saturated heterocycles. The van der Waals surface area contributed by atoms with Gasteiger partial charge in [0.15, 0.2) is 11.5 Å². The number of fused-ring (bicyclic) bond motifs is 1. The van der Waals surface area contributed by atoms with Crippen molar-refractivity contribution in [3.63, 3.8) is 0 Å². The molecular weight excluding hydrogens is 399 g/mol. The number of rotatable bonds is 8. The van der Waals surface area contributed by atoms with Crippen molar-refractivity contribution in [1.29, 1.82) is 0 Å². The summed E-state index contributed by atoms with van der Waals surface area (Å²) in [4.78, 5) is 12.4. The molecule has 0 unspecified atom stereocenters. The first-order valence-electron chi connectivity index (χ1n) is 9.75. The van der Waals surface area contributed by atoms with Crippen LogP contribution in [0.1, 0.15) is 17.8 Å². The maximum absolute atomic E-state index is 13.0. The number of ether oxygens (including phenoxy) is 1. The number of aromatic nitrogens is 4. The number of methoxy groups -OCH3 is 1. The van der Waals surface area contributed by atoms with Gasteiger partial charge >= 0.3 is 0 Å². The molecule has 0 aliphatic carbocycles. The first-order valence-corrected chi connectivity index (χ1v) is 9.75. The Kier molecular flexibility index (Phi) is 6.02. The van der Waals surface area contributed by atoms with E-state index in [4.69, 9.17) is 4.74 Å². The Labute approximate surface area is 178 Å². The Balaban J connectivity index is 1.40. The lowest BCUT2D eigenvalue weighted by Crippen LogP contribution is -2.14. The van der Waals surface area contributed by atoms with Gasteiger partial charge in [0.2, 0.25) is 5.91 Å². The average Bonchev–Trinajstić information content (AvgIpc) is 3.20. The molecule has 0 bridgehead atoms. The van der Waals surface area contributed by atoms with Crippen molar-refractivity contribution in [2.75, 3.05) is 17.7 Å². The Bertz CT molecular complexity index is 1190. The van der Waals surface area contributed by atoms with E-state index in [0.717, 1.165) is 5.56 Å². The summed E-state index contributed by atoms with van der Waals surface area (Å²) < 4.78 is 19.9. The predicted octanol–water partition coefficient (Wildman–Crippen LogP) is 3.46. The summed E-state index contributed by atoms with van der Waals surface area (Å²) in [6.45, 7) is 0.498. The van der Waals surface area contributed by atoms with Crippen LogP contribution >= 0.6 is 0 Å². The van der Waals surface area contributed by atoms with Gasteiger partial charge in [0, 0.05) is 19.4 Å². The summed E-state index contributed by atoms with van der Waals surface area (Å²) in [7, 11) is 1.56. The van der Waals surface area contributed by atoms with Gasteiger partial charge in [0.1, 0.15) is 17.4 Å². The summed E-state index contributed by atoms with van der Waals surface area (Å²) >= 11 is 0. The normalized spacial score (nSPS) is 10.8. The molecule has 31 heavy (non-hydrogen) atoms. The molecule has 0 saturated carbocycles. The molecule has 4 aromatic rings. The molecule has 158 valence electrons. The van der Waals surface area contributed by atoms with E-state index in [1.54, 1.807) is 48.0 Å². The van der Waals surface area contributed by atoms with E-state index in [0.29, 0.717) is 41.7 Å². The van der Waals surface area contributed by atoms with Crippen molar-refractivity contribution >= 4 is 23.1 Å². The standard InChI is InChI=1S/C22H21FN6O2/c1-31-18-5-3-2-4-17(18)25-22(30)13-12-21-27-26-20-11-10-19(28-29(20)21)24-14-15-6-8-16(23)9-7-15/h2-11H,12-14H2,1H3,(H,24,28)(H,25,30). The highest BCUT2D eigenvalue weighted by Crippen LogP contribution is 2.23. The third-order valence-electron chi connectivity index (χ3n) is 4.67. The Hall–Kier alpha value is -4.01. The van der Waals surface area contributed by atoms with Gasteiger partial charge in [-0.15, -0.1) is 15.3 Å². The van der Waals surface area contributed by atoms with Crippen LogP contribution in [-0.4, -0.2) is 32.8 Å². The number of para-hydroxylation sites is 2. The van der Waals surface area contributed by atoms with Gasteiger partial charge < -0.3 is 15.4 Å². The van der Waals surface area contributed by atoms with Crippen LogP contribution < -0.4 is 15.4 Å². The van der Waals surface area contributed by atoms with Crippen LogP contribution in [0.3, 0.4) is 0 Å². The summed E-state index contributed by atoms with van der Waals surface area (Å²) in [6.07, 6.45) is 0.588. The number of carbonyl (C=O) groups excluding carboxylic acids is 1. The van der Waals surface area contributed by atoms with E-state index in [9.17, 15) is 9.18 Å². The Morgan fingerprint density at radius 1 is 1.06 bits per heavy atom. The van der Waals surface area contributed by atoms with Gasteiger partial charge in [-0.2, -0.15) is 4.52 Å². The monoisotopic (exact) mass is 420 g/mol. The second-order valence-corrected chi connectivity index (χ2v) is 6.83. The maximum Gasteiger partial charge on any atom is 0.224 e. The fourth-order valence-electron chi connectivity index (χ4n) is 3.06. The fourth-order valence-corrected chi connectivity index (χ4v) is 3.06. The van der Waals surface area contributed by atoms with Gasteiger partial charge in [-0.1, -0.05) is 24.3 Å². The van der Waals surface area contributed by atoms with Crippen molar-refractivity contribution in [1.82, 2.24) is 19.8 Å². The molecule has 0 aliphatic rings. The lowest BCUT2D eigenvalue weighted by atomic mass is 10.2. The molecule has 0 spiro atoms. The van der Waals surface area contributed by atoms with Crippen LogP contribution in [0, 0.1) is 5.82 Å². The van der Waals surface area contributed by atoms with Gasteiger partial charge in [-0.25, -0.2) is 4.39 Å². The average molecular weight is 420 g/mol. The highest BCUT2D eigenvalue weighted by Gasteiger charge is 2.12. The number of hydrogen-bond acceptors (Lipinski definition) is 6. The molecule has 2 N–H and O–H groups in total. The minimum absolute atomic E-state index is 0.160. The molecule has 9 heteroatoms. The third-order valence-corrected chi connectivity index (χ3v) is 4.67. The number of benzene rings is 2. The summed E-state index contributed by atoms with van der Waals surface area (Å²) in [6, 6.07) is 17.1. The summed E-state index contributed by atoms with van der Waals surface area (Å²) in [5.41, 5.74) is 2.14. The van der Waals surface area contributed by atoms with Crippen LogP contribution in [0.15, 0.2) is 60.7 Å². The van der Waals surface area contributed by atoms with Crippen molar-refractivity contribution in [3.8, 4) is 5.75 Å². The molecular formula is C22H21FN6O2. The van der Waals surface area contributed by atoms with E-state index >= 15 is 0 Å². The van der Waals surface area contributed by atoms with E-state index in [-0.39, 0.29) is 18.1 Å². The zero-order valence-corrected chi connectivity index (χ0v) is 16.9. The largest absolute Gasteiger partial charge is 0.495 e. The molecule has 1 amide bonds. The first kappa shape index (κ1) is 20.3. The highest BCUT2D eigenvalue weighted by atomic mass is 19.1. The minimum Gasteiger partial charge on any atom is -0.495 e. The second kappa shape index (κ2) is 9.21. The third kappa shape index (κ3) is 4.95. The van der Waals surface area contributed by atoms with E-state index in [1.165, 1.54) is 12.1 Å². The predicted molar refractivity (Wildman–Crippen MR) is 114 cm³/mol. The first-order chi connectivity index (χ1) is 15.1. The smallest absolute Gasteiger partial charge is 0.224 e.